The fraction of sp³-hybridized carbons (Fsp3) is 0.562. The zero-order valence-electron chi connectivity index (χ0n) is 12.1. The summed E-state index contributed by atoms with van der Waals surface area (Å²) >= 11 is 5.36. The lowest BCUT2D eigenvalue weighted by Gasteiger charge is -2.20. The first-order chi connectivity index (χ1) is 10.2. The van der Waals surface area contributed by atoms with Crippen LogP contribution in [-0.2, 0) is 4.79 Å². The molecule has 1 aromatic carbocycles. The normalized spacial score (nSPS) is 15.7. The molecule has 1 saturated carbocycles. The molecular weight excluding hydrogens is 350 g/mol. The highest BCUT2D eigenvalue weighted by Gasteiger charge is 2.13. The van der Waals surface area contributed by atoms with E-state index in [1.807, 2.05) is 36.0 Å². The maximum Gasteiger partial charge on any atom is 0.257 e. The second-order valence-electron chi connectivity index (χ2n) is 5.22. The van der Waals surface area contributed by atoms with Crippen molar-refractivity contribution in [2.24, 2.45) is 0 Å². The standard InChI is InChI=1S/C16H22BrNO2S/c17-13-6-8-14(9-7-13)20-12-16(19)18-10-11-21-15-4-2-1-3-5-15/h6-9,15H,1-5,10-12H2,(H,18,19). The van der Waals surface area contributed by atoms with Gasteiger partial charge in [0.2, 0.25) is 0 Å². The first-order valence-corrected chi connectivity index (χ1v) is 9.35. The molecule has 0 heterocycles. The van der Waals surface area contributed by atoms with Gasteiger partial charge >= 0.3 is 0 Å². The Balaban J connectivity index is 1.54. The molecule has 1 aromatic rings. The average Bonchev–Trinajstić information content (AvgIpc) is 2.52. The second kappa shape index (κ2) is 9.36. The minimum atomic E-state index is -0.0536. The van der Waals surface area contributed by atoms with Crippen LogP contribution in [0.15, 0.2) is 28.7 Å². The summed E-state index contributed by atoms with van der Waals surface area (Å²) in [5.74, 6) is 1.65. The number of hydrogen-bond acceptors (Lipinski definition) is 3. The molecule has 1 aliphatic rings. The highest BCUT2D eigenvalue weighted by atomic mass is 79.9. The van der Waals surface area contributed by atoms with Crippen molar-refractivity contribution in [1.29, 1.82) is 0 Å². The van der Waals surface area contributed by atoms with Crippen molar-refractivity contribution >= 4 is 33.6 Å². The van der Waals surface area contributed by atoms with Gasteiger partial charge in [0.15, 0.2) is 6.61 Å². The number of carbonyl (C=O) groups is 1. The van der Waals surface area contributed by atoms with Crippen LogP contribution in [0.4, 0.5) is 0 Å². The highest BCUT2D eigenvalue weighted by molar-refractivity contribution is 9.10. The van der Waals surface area contributed by atoms with Crippen molar-refractivity contribution in [3.63, 3.8) is 0 Å². The molecule has 0 radical (unpaired) electrons. The molecule has 1 aliphatic carbocycles. The predicted molar refractivity (Wildman–Crippen MR) is 92.0 cm³/mol. The largest absolute Gasteiger partial charge is 0.484 e. The number of hydrogen-bond donors (Lipinski definition) is 1. The number of thioether (sulfide) groups is 1. The zero-order chi connectivity index (χ0) is 14.9. The van der Waals surface area contributed by atoms with Crippen LogP contribution in [-0.4, -0.2) is 30.1 Å². The third kappa shape index (κ3) is 6.74. The van der Waals surface area contributed by atoms with Gasteiger partial charge in [0.05, 0.1) is 0 Å². The Bertz CT molecular complexity index is 432. The fourth-order valence-electron chi connectivity index (χ4n) is 2.38. The van der Waals surface area contributed by atoms with Crippen LogP contribution < -0.4 is 10.1 Å². The number of benzene rings is 1. The molecule has 21 heavy (non-hydrogen) atoms. The van der Waals surface area contributed by atoms with Crippen LogP contribution in [0.2, 0.25) is 0 Å². The van der Waals surface area contributed by atoms with Crippen molar-refractivity contribution in [2.75, 3.05) is 18.9 Å². The predicted octanol–water partition coefficient (Wildman–Crippen LogP) is 4.01. The van der Waals surface area contributed by atoms with E-state index in [4.69, 9.17) is 4.74 Å². The lowest BCUT2D eigenvalue weighted by atomic mass is 10.0. The van der Waals surface area contributed by atoms with Crippen LogP contribution in [0.3, 0.4) is 0 Å². The summed E-state index contributed by atoms with van der Waals surface area (Å²) in [6.07, 6.45) is 6.80. The molecule has 0 saturated heterocycles. The van der Waals surface area contributed by atoms with Crippen molar-refractivity contribution in [3.8, 4) is 5.75 Å². The minimum Gasteiger partial charge on any atom is -0.484 e. The molecular formula is C16H22BrNO2S. The lowest BCUT2D eigenvalue weighted by Crippen LogP contribution is -2.31. The van der Waals surface area contributed by atoms with E-state index in [2.05, 4.69) is 21.2 Å². The summed E-state index contributed by atoms with van der Waals surface area (Å²) in [6.45, 7) is 0.805. The second-order valence-corrected chi connectivity index (χ2v) is 7.55. The highest BCUT2D eigenvalue weighted by Crippen LogP contribution is 2.27. The molecule has 1 amide bonds. The molecule has 116 valence electrons. The molecule has 1 N–H and O–H groups in total. The summed E-state index contributed by atoms with van der Waals surface area (Å²) in [5, 5.41) is 3.71. The van der Waals surface area contributed by atoms with E-state index in [0.29, 0.717) is 5.75 Å². The third-order valence-corrected chi connectivity index (χ3v) is 5.42. The van der Waals surface area contributed by atoms with E-state index >= 15 is 0 Å². The Morgan fingerprint density at radius 2 is 1.95 bits per heavy atom. The van der Waals surface area contributed by atoms with E-state index in [1.165, 1.54) is 32.1 Å². The molecule has 0 bridgehead atoms. The van der Waals surface area contributed by atoms with E-state index in [9.17, 15) is 4.79 Å². The van der Waals surface area contributed by atoms with Gasteiger partial charge in [0.1, 0.15) is 5.75 Å². The van der Waals surface area contributed by atoms with Gasteiger partial charge in [-0.15, -0.1) is 0 Å². The quantitative estimate of drug-likeness (QED) is 0.735. The van der Waals surface area contributed by atoms with E-state index in [-0.39, 0.29) is 12.5 Å². The number of halogens is 1. The molecule has 2 rings (SSSR count). The fourth-order valence-corrected chi connectivity index (χ4v) is 3.86. The topological polar surface area (TPSA) is 38.3 Å². The summed E-state index contributed by atoms with van der Waals surface area (Å²) < 4.78 is 6.43. The van der Waals surface area contributed by atoms with Crippen molar-refractivity contribution in [1.82, 2.24) is 5.32 Å². The van der Waals surface area contributed by atoms with Gasteiger partial charge < -0.3 is 10.1 Å². The van der Waals surface area contributed by atoms with Crippen molar-refractivity contribution < 1.29 is 9.53 Å². The number of nitrogens with one attached hydrogen (secondary N) is 1. The van der Waals surface area contributed by atoms with Crippen molar-refractivity contribution in [2.45, 2.75) is 37.4 Å². The summed E-state index contributed by atoms with van der Waals surface area (Å²) in [4.78, 5) is 11.7. The Morgan fingerprint density at radius 3 is 2.67 bits per heavy atom. The van der Waals surface area contributed by atoms with Gasteiger partial charge in [-0.25, -0.2) is 0 Å². The van der Waals surface area contributed by atoms with Gasteiger partial charge in [-0.2, -0.15) is 11.8 Å². The van der Waals surface area contributed by atoms with Gasteiger partial charge in [-0.05, 0) is 37.1 Å². The Labute approximate surface area is 139 Å². The number of carbonyl (C=O) groups excluding carboxylic acids is 1. The zero-order valence-corrected chi connectivity index (χ0v) is 14.5. The third-order valence-electron chi connectivity index (χ3n) is 3.51. The molecule has 3 nitrogen and oxygen atoms in total. The first-order valence-electron chi connectivity index (χ1n) is 7.51. The molecule has 0 atom stereocenters. The van der Waals surface area contributed by atoms with Crippen LogP contribution in [0.1, 0.15) is 32.1 Å². The van der Waals surface area contributed by atoms with Gasteiger partial charge in [0.25, 0.3) is 5.91 Å². The number of amides is 1. The molecule has 0 spiro atoms. The average molecular weight is 372 g/mol. The summed E-state index contributed by atoms with van der Waals surface area (Å²) in [7, 11) is 0. The lowest BCUT2D eigenvalue weighted by molar-refractivity contribution is -0.122. The Morgan fingerprint density at radius 1 is 1.24 bits per heavy atom. The SMILES string of the molecule is O=C(COc1ccc(Br)cc1)NCCSC1CCCCC1. The summed E-state index contributed by atoms with van der Waals surface area (Å²) in [6, 6.07) is 7.48. The number of ether oxygens (including phenoxy) is 1. The van der Waals surface area contributed by atoms with E-state index in [1.54, 1.807) is 0 Å². The summed E-state index contributed by atoms with van der Waals surface area (Å²) in [5.41, 5.74) is 0. The van der Waals surface area contributed by atoms with Crippen LogP contribution >= 0.6 is 27.7 Å². The number of rotatable bonds is 7. The monoisotopic (exact) mass is 371 g/mol. The maximum atomic E-state index is 11.7. The molecule has 0 aromatic heterocycles. The minimum absolute atomic E-state index is 0.0536. The van der Waals surface area contributed by atoms with Gasteiger partial charge in [0, 0.05) is 22.0 Å². The van der Waals surface area contributed by atoms with E-state index in [0.717, 1.165) is 22.0 Å². The molecule has 0 unspecified atom stereocenters. The Hall–Kier alpha value is -0.680. The first kappa shape index (κ1) is 16.7. The van der Waals surface area contributed by atoms with Gasteiger partial charge in [-0.3, -0.25) is 4.79 Å². The van der Waals surface area contributed by atoms with Crippen LogP contribution in [0.5, 0.6) is 5.75 Å². The molecule has 1 fully saturated rings. The smallest absolute Gasteiger partial charge is 0.257 e. The van der Waals surface area contributed by atoms with E-state index < -0.39 is 0 Å². The van der Waals surface area contributed by atoms with Gasteiger partial charge in [-0.1, -0.05) is 35.2 Å². The Kier molecular flexibility index (Phi) is 7.44. The maximum absolute atomic E-state index is 11.7. The van der Waals surface area contributed by atoms with Crippen LogP contribution in [0.25, 0.3) is 0 Å². The molecule has 5 heteroatoms. The van der Waals surface area contributed by atoms with Crippen molar-refractivity contribution in [3.05, 3.63) is 28.7 Å². The van der Waals surface area contributed by atoms with Crippen LogP contribution in [0, 0.1) is 0 Å². The molecule has 0 aliphatic heterocycles.